The van der Waals surface area contributed by atoms with Crippen molar-refractivity contribution < 1.29 is 4.79 Å². The summed E-state index contributed by atoms with van der Waals surface area (Å²) in [7, 11) is 0. The Morgan fingerprint density at radius 1 is 0.969 bits per heavy atom. The van der Waals surface area contributed by atoms with Crippen LogP contribution in [-0.4, -0.2) is 40.0 Å². The molecule has 7 heteroatoms. The molecule has 0 bridgehead atoms. The minimum Gasteiger partial charge on any atom is -0.381 e. The maximum absolute atomic E-state index is 12.6. The van der Waals surface area contributed by atoms with Gasteiger partial charge in [-0.1, -0.05) is 19.3 Å². The summed E-state index contributed by atoms with van der Waals surface area (Å²) < 4.78 is 0. The highest BCUT2D eigenvalue weighted by Crippen LogP contribution is 2.26. The van der Waals surface area contributed by atoms with Gasteiger partial charge < -0.3 is 16.0 Å². The van der Waals surface area contributed by atoms with Gasteiger partial charge in [-0.15, -0.1) is 0 Å². The van der Waals surface area contributed by atoms with Crippen LogP contribution in [0.3, 0.4) is 0 Å². The molecule has 1 saturated carbocycles. The fourth-order valence-electron chi connectivity index (χ4n) is 4.70. The van der Waals surface area contributed by atoms with Crippen molar-refractivity contribution in [3.8, 4) is 11.3 Å². The Morgan fingerprint density at radius 3 is 2.66 bits per heavy atom. The summed E-state index contributed by atoms with van der Waals surface area (Å²) in [5.74, 6) is 0.743. The molecular weight excluding hydrogens is 400 g/mol. The van der Waals surface area contributed by atoms with Gasteiger partial charge in [0.1, 0.15) is 5.82 Å². The molecule has 0 radical (unpaired) electrons. The lowest BCUT2D eigenvalue weighted by Crippen LogP contribution is -2.35. The van der Waals surface area contributed by atoms with E-state index in [9.17, 15) is 4.79 Å². The molecule has 1 aliphatic carbocycles. The van der Waals surface area contributed by atoms with E-state index >= 15 is 0 Å². The molecule has 2 fully saturated rings. The van der Waals surface area contributed by atoms with Crippen LogP contribution in [0.5, 0.6) is 0 Å². The zero-order valence-electron chi connectivity index (χ0n) is 18.3. The Balaban J connectivity index is 1.34. The van der Waals surface area contributed by atoms with Crippen LogP contribution < -0.4 is 16.0 Å². The molecule has 3 aromatic rings. The number of aromatic nitrogens is 3. The molecule has 32 heavy (non-hydrogen) atoms. The second-order valence-electron chi connectivity index (χ2n) is 8.91. The maximum Gasteiger partial charge on any atom is 0.228 e. The van der Waals surface area contributed by atoms with Crippen LogP contribution in [0.4, 0.5) is 11.5 Å². The van der Waals surface area contributed by atoms with Gasteiger partial charge in [-0.05, 0) is 57.0 Å². The van der Waals surface area contributed by atoms with Gasteiger partial charge in [-0.2, -0.15) is 0 Å². The molecule has 1 saturated heterocycles. The number of piperidine rings is 1. The van der Waals surface area contributed by atoms with Gasteiger partial charge in [-0.25, -0.2) is 9.97 Å². The predicted molar refractivity (Wildman–Crippen MR) is 127 cm³/mol. The van der Waals surface area contributed by atoms with Crippen molar-refractivity contribution in [2.24, 2.45) is 5.92 Å². The topological polar surface area (TPSA) is 91.8 Å². The zero-order valence-corrected chi connectivity index (χ0v) is 18.3. The Bertz CT molecular complexity index is 1090. The average molecular weight is 431 g/mol. The third kappa shape index (κ3) is 4.88. The van der Waals surface area contributed by atoms with Gasteiger partial charge >= 0.3 is 0 Å². The van der Waals surface area contributed by atoms with Crippen LogP contribution in [-0.2, 0) is 4.79 Å². The number of anilines is 2. The molecule has 0 atom stereocenters. The van der Waals surface area contributed by atoms with Crippen molar-refractivity contribution in [3.63, 3.8) is 0 Å². The number of nitrogens with one attached hydrogen (secondary N) is 3. The quantitative estimate of drug-likeness (QED) is 0.557. The lowest BCUT2D eigenvalue weighted by atomic mass is 9.89. The van der Waals surface area contributed by atoms with E-state index in [4.69, 9.17) is 4.98 Å². The summed E-state index contributed by atoms with van der Waals surface area (Å²) in [4.78, 5) is 26.3. The van der Waals surface area contributed by atoms with E-state index < -0.39 is 0 Å². The van der Waals surface area contributed by atoms with Crippen LogP contribution in [0, 0.1) is 5.92 Å². The number of hydrogen-bond acceptors (Lipinski definition) is 6. The fraction of sp³-hybridized carbons (Fsp3) is 0.440. The van der Waals surface area contributed by atoms with E-state index in [2.05, 4.69) is 32.0 Å². The molecule has 7 nitrogen and oxygen atoms in total. The summed E-state index contributed by atoms with van der Waals surface area (Å²) >= 11 is 0. The van der Waals surface area contributed by atoms with Crippen molar-refractivity contribution in [3.05, 3.63) is 42.9 Å². The largest absolute Gasteiger partial charge is 0.381 e. The predicted octanol–water partition coefficient (Wildman–Crippen LogP) is 4.37. The average Bonchev–Trinajstić information content (AvgIpc) is 2.85. The monoisotopic (exact) mass is 430 g/mol. The molecule has 5 rings (SSSR count). The number of rotatable bonds is 5. The van der Waals surface area contributed by atoms with E-state index in [0.29, 0.717) is 11.9 Å². The van der Waals surface area contributed by atoms with Crippen molar-refractivity contribution in [2.45, 2.75) is 51.0 Å². The highest BCUT2D eigenvalue weighted by Gasteiger charge is 2.21. The Kier molecular flexibility index (Phi) is 6.25. The third-order valence-electron chi connectivity index (χ3n) is 6.54. The van der Waals surface area contributed by atoms with Crippen LogP contribution in [0.2, 0.25) is 0 Å². The lowest BCUT2D eigenvalue weighted by molar-refractivity contribution is -0.120. The van der Waals surface area contributed by atoms with Gasteiger partial charge in [0.15, 0.2) is 0 Å². The first-order valence-electron chi connectivity index (χ1n) is 11.7. The molecular formula is C25H30N6O. The molecule has 1 aliphatic heterocycles. The van der Waals surface area contributed by atoms with Crippen LogP contribution in [0.15, 0.2) is 42.9 Å². The normalized spacial score (nSPS) is 17.9. The van der Waals surface area contributed by atoms with E-state index in [1.807, 2.05) is 30.6 Å². The Labute approximate surface area is 188 Å². The smallest absolute Gasteiger partial charge is 0.228 e. The van der Waals surface area contributed by atoms with Crippen LogP contribution >= 0.6 is 0 Å². The Morgan fingerprint density at radius 2 is 1.81 bits per heavy atom. The van der Waals surface area contributed by atoms with E-state index in [0.717, 1.165) is 79.5 Å². The first-order valence-corrected chi connectivity index (χ1v) is 11.7. The highest BCUT2D eigenvalue weighted by atomic mass is 16.1. The molecule has 0 unspecified atom stereocenters. The maximum atomic E-state index is 12.6. The minimum atomic E-state index is 0.0774. The summed E-state index contributed by atoms with van der Waals surface area (Å²) in [5, 5.41) is 10.9. The van der Waals surface area contributed by atoms with Gasteiger partial charge in [0.25, 0.3) is 0 Å². The SMILES string of the molecule is O=C(Nc1cc2nc(-c3cncc(NC4CCNCC4)c3)ccc2cn1)C1CCCCC1. The molecule has 3 aromatic heterocycles. The fourth-order valence-corrected chi connectivity index (χ4v) is 4.70. The second kappa shape index (κ2) is 9.61. The highest BCUT2D eigenvalue weighted by molar-refractivity contribution is 5.93. The van der Waals surface area contributed by atoms with Gasteiger partial charge in [0.05, 0.1) is 16.9 Å². The van der Waals surface area contributed by atoms with Gasteiger partial charge in [-0.3, -0.25) is 9.78 Å². The van der Waals surface area contributed by atoms with Gasteiger partial charge in [0, 0.05) is 47.6 Å². The second-order valence-corrected chi connectivity index (χ2v) is 8.91. The number of amides is 1. The summed E-state index contributed by atoms with van der Waals surface area (Å²) in [6.45, 7) is 2.09. The lowest BCUT2D eigenvalue weighted by Gasteiger charge is -2.24. The van der Waals surface area contributed by atoms with Crippen molar-refractivity contribution in [1.29, 1.82) is 0 Å². The number of fused-ring (bicyclic) bond motifs is 1. The van der Waals surface area contributed by atoms with E-state index in [-0.39, 0.29) is 11.8 Å². The van der Waals surface area contributed by atoms with Crippen LogP contribution in [0.1, 0.15) is 44.9 Å². The number of hydrogen-bond donors (Lipinski definition) is 3. The molecule has 0 spiro atoms. The molecule has 2 aliphatic rings. The van der Waals surface area contributed by atoms with Crippen molar-refractivity contribution in [2.75, 3.05) is 23.7 Å². The van der Waals surface area contributed by atoms with Crippen molar-refractivity contribution in [1.82, 2.24) is 20.3 Å². The standard InChI is InChI=1S/C25H30N6O/c32-25(17-4-2-1-3-5-17)31-24-13-23-18(15-28-24)6-7-22(30-23)19-12-21(16-27-14-19)29-20-8-10-26-11-9-20/h6-7,12-17,20,26,29H,1-5,8-11H2,(H,28,31,32). The number of carbonyl (C=O) groups excluding carboxylic acids is 1. The number of nitrogens with zero attached hydrogens (tertiary/aromatic N) is 3. The van der Waals surface area contributed by atoms with E-state index in [1.165, 1.54) is 6.42 Å². The minimum absolute atomic E-state index is 0.0774. The molecule has 166 valence electrons. The van der Waals surface area contributed by atoms with Crippen LogP contribution in [0.25, 0.3) is 22.2 Å². The summed E-state index contributed by atoms with van der Waals surface area (Å²) in [5.41, 5.74) is 3.66. The summed E-state index contributed by atoms with van der Waals surface area (Å²) in [6, 6.07) is 8.46. The molecule has 1 amide bonds. The number of pyridine rings is 3. The molecule has 3 N–H and O–H groups in total. The molecule has 4 heterocycles. The van der Waals surface area contributed by atoms with Gasteiger partial charge in [0.2, 0.25) is 5.91 Å². The summed E-state index contributed by atoms with van der Waals surface area (Å²) in [6.07, 6.45) is 13.1. The number of carbonyl (C=O) groups is 1. The molecule has 0 aromatic carbocycles. The third-order valence-corrected chi connectivity index (χ3v) is 6.54. The van der Waals surface area contributed by atoms with Crippen molar-refractivity contribution >= 4 is 28.3 Å². The van der Waals surface area contributed by atoms with E-state index in [1.54, 1.807) is 6.20 Å². The zero-order chi connectivity index (χ0) is 21.8. The Hall–Kier alpha value is -3.06. The first-order chi connectivity index (χ1) is 15.7. The first kappa shape index (κ1) is 20.8.